The molecule has 0 bridgehead atoms. The molecule has 0 unspecified atom stereocenters. The Kier molecular flexibility index (Phi) is 5.32. The molecule has 162 valence electrons. The number of anilines is 1. The minimum absolute atomic E-state index is 0.0527. The highest BCUT2D eigenvalue weighted by Crippen LogP contribution is 2.32. The van der Waals surface area contributed by atoms with E-state index in [1.807, 2.05) is 13.8 Å². The van der Waals surface area contributed by atoms with Crippen LogP contribution in [0.2, 0.25) is 0 Å². The lowest BCUT2D eigenvalue weighted by Gasteiger charge is -2.48. The molecule has 1 aliphatic rings. The summed E-state index contributed by atoms with van der Waals surface area (Å²) in [6.07, 6.45) is -3.65. The zero-order valence-corrected chi connectivity index (χ0v) is 17.0. The Balaban J connectivity index is 1.83. The second-order valence-corrected chi connectivity index (χ2v) is 9.50. The van der Waals surface area contributed by atoms with E-state index >= 15 is 0 Å². The number of nitrogen functional groups attached to an aromatic ring is 1. The second kappa shape index (κ2) is 7.24. The van der Waals surface area contributed by atoms with Crippen molar-refractivity contribution in [2.24, 2.45) is 5.92 Å². The van der Waals surface area contributed by atoms with Gasteiger partial charge in [0.1, 0.15) is 5.60 Å². The molecular formula is C19H20F3N3O4S. The van der Waals surface area contributed by atoms with Gasteiger partial charge >= 0.3 is 6.18 Å². The number of nitrogens with two attached hydrogens (primary N) is 1. The van der Waals surface area contributed by atoms with E-state index in [0.717, 1.165) is 24.4 Å². The first-order valence-electron chi connectivity index (χ1n) is 8.95. The van der Waals surface area contributed by atoms with E-state index in [-0.39, 0.29) is 40.2 Å². The van der Waals surface area contributed by atoms with Crippen LogP contribution in [0.5, 0.6) is 0 Å². The number of rotatable bonds is 4. The molecule has 1 amide bonds. The summed E-state index contributed by atoms with van der Waals surface area (Å²) in [5.74, 6) is -0.598. The molecule has 30 heavy (non-hydrogen) atoms. The van der Waals surface area contributed by atoms with Crippen molar-refractivity contribution < 1.29 is 31.5 Å². The van der Waals surface area contributed by atoms with Crippen molar-refractivity contribution in [2.45, 2.75) is 35.4 Å². The SMILES string of the molecule is CC(C)C1(O)CN(C(=O)c2ncc(S(=O)(=O)c3ccc(C(F)(F)F)cc3)cc2N)C1. The van der Waals surface area contributed by atoms with Crippen molar-refractivity contribution in [1.29, 1.82) is 0 Å². The maximum Gasteiger partial charge on any atom is 0.416 e. The normalized spacial score (nSPS) is 16.4. The van der Waals surface area contributed by atoms with Crippen LogP contribution < -0.4 is 5.73 Å². The summed E-state index contributed by atoms with van der Waals surface area (Å²) < 4.78 is 63.4. The zero-order chi connectivity index (χ0) is 22.5. The van der Waals surface area contributed by atoms with Crippen molar-refractivity contribution in [1.82, 2.24) is 9.88 Å². The van der Waals surface area contributed by atoms with E-state index in [1.165, 1.54) is 4.90 Å². The summed E-state index contributed by atoms with van der Waals surface area (Å²) in [4.78, 5) is 17.0. The van der Waals surface area contributed by atoms with Gasteiger partial charge < -0.3 is 15.7 Å². The Hall–Kier alpha value is -2.66. The molecule has 3 N–H and O–H groups in total. The summed E-state index contributed by atoms with van der Waals surface area (Å²) in [5.41, 5.74) is 3.52. The van der Waals surface area contributed by atoms with Crippen LogP contribution >= 0.6 is 0 Å². The first-order chi connectivity index (χ1) is 13.8. The molecule has 0 saturated carbocycles. The molecule has 11 heteroatoms. The first-order valence-corrected chi connectivity index (χ1v) is 10.4. The van der Waals surface area contributed by atoms with E-state index in [2.05, 4.69) is 4.98 Å². The van der Waals surface area contributed by atoms with E-state index in [0.29, 0.717) is 12.1 Å². The minimum atomic E-state index is -4.59. The van der Waals surface area contributed by atoms with Gasteiger partial charge in [0.05, 0.1) is 34.1 Å². The lowest BCUT2D eigenvalue weighted by Crippen LogP contribution is -2.66. The summed E-state index contributed by atoms with van der Waals surface area (Å²) >= 11 is 0. The fourth-order valence-corrected chi connectivity index (χ4v) is 4.26. The quantitative estimate of drug-likeness (QED) is 0.750. The molecule has 7 nitrogen and oxygen atoms in total. The van der Waals surface area contributed by atoms with Gasteiger partial charge in [0.2, 0.25) is 9.84 Å². The topological polar surface area (TPSA) is 114 Å². The molecule has 0 radical (unpaired) electrons. The maximum atomic E-state index is 12.7. The van der Waals surface area contributed by atoms with Gasteiger partial charge in [-0.25, -0.2) is 13.4 Å². The Labute approximate surface area is 171 Å². The molecule has 1 aliphatic heterocycles. The molecule has 2 aromatic rings. The van der Waals surface area contributed by atoms with Crippen LogP contribution in [0.25, 0.3) is 0 Å². The van der Waals surface area contributed by atoms with Gasteiger partial charge in [0.15, 0.2) is 5.69 Å². The van der Waals surface area contributed by atoms with Gasteiger partial charge in [-0.05, 0) is 36.2 Å². The molecule has 1 saturated heterocycles. The summed E-state index contributed by atoms with van der Waals surface area (Å²) in [5, 5.41) is 10.3. The van der Waals surface area contributed by atoms with Crippen LogP contribution in [0.1, 0.15) is 29.9 Å². The third-order valence-electron chi connectivity index (χ3n) is 5.19. The van der Waals surface area contributed by atoms with Crippen molar-refractivity contribution in [3.8, 4) is 0 Å². The average Bonchev–Trinajstić information content (AvgIpc) is 2.64. The zero-order valence-electron chi connectivity index (χ0n) is 16.1. The number of nitrogens with zero attached hydrogens (tertiary/aromatic N) is 2. The smallest absolute Gasteiger partial charge is 0.397 e. The largest absolute Gasteiger partial charge is 0.416 e. The highest BCUT2D eigenvalue weighted by molar-refractivity contribution is 7.91. The van der Waals surface area contributed by atoms with Crippen molar-refractivity contribution in [3.63, 3.8) is 0 Å². The monoisotopic (exact) mass is 443 g/mol. The van der Waals surface area contributed by atoms with Crippen LogP contribution in [0.4, 0.5) is 18.9 Å². The van der Waals surface area contributed by atoms with Crippen molar-refractivity contribution >= 4 is 21.4 Å². The second-order valence-electron chi connectivity index (χ2n) is 7.55. The number of hydrogen-bond acceptors (Lipinski definition) is 6. The number of carbonyl (C=O) groups excluding carboxylic acids is 1. The predicted octanol–water partition coefficient (Wildman–Crippen LogP) is 2.36. The molecule has 0 spiro atoms. The number of aliphatic hydroxyl groups is 1. The van der Waals surface area contributed by atoms with E-state index in [1.54, 1.807) is 0 Å². The maximum absolute atomic E-state index is 12.7. The van der Waals surface area contributed by atoms with Gasteiger partial charge in [-0.15, -0.1) is 0 Å². The third-order valence-corrected chi connectivity index (χ3v) is 6.92. The van der Waals surface area contributed by atoms with Crippen LogP contribution in [0.3, 0.4) is 0 Å². The number of likely N-dealkylation sites (tertiary alicyclic amines) is 1. The van der Waals surface area contributed by atoms with Gasteiger partial charge in [0.25, 0.3) is 5.91 Å². The minimum Gasteiger partial charge on any atom is -0.397 e. The number of hydrogen-bond donors (Lipinski definition) is 2. The number of carbonyl (C=O) groups is 1. The molecule has 3 rings (SSSR count). The van der Waals surface area contributed by atoms with E-state index in [9.17, 15) is 31.5 Å². The van der Waals surface area contributed by atoms with Gasteiger partial charge in [-0.3, -0.25) is 4.79 Å². The van der Waals surface area contributed by atoms with Gasteiger partial charge in [-0.1, -0.05) is 13.8 Å². The summed E-state index contributed by atoms with van der Waals surface area (Å²) in [7, 11) is -4.18. The fraction of sp³-hybridized carbons (Fsp3) is 0.368. The number of β-amino-alcohol motifs (C(OH)–C–C–N with tert-alkyl or cyclic N) is 1. The van der Waals surface area contributed by atoms with Crippen LogP contribution in [0, 0.1) is 5.92 Å². The van der Waals surface area contributed by atoms with Gasteiger partial charge in [0, 0.05) is 6.20 Å². The highest BCUT2D eigenvalue weighted by atomic mass is 32.2. The lowest BCUT2D eigenvalue weighted by molar-refractivity contribution is -0.137. The molecule has 1 aromatic carbocycles. The third kappa shape index (κ3) is 3.86. The van der Waals surface area contributed by atoms with E-state index in [4.69, 9.17) is 5.73 Å². The fourth-order valence-electron chi connectivity index (χ4n) is 3.02. The number of pyridine rings is 1. The van der Waals surface area contributed by atoms with E-state index < -0.39 is 33.1 Å². The molecule has 2 heterocycles. The Morgan fingerprint density at radius 3 is 2.23 bits per heavy atom. The Bertz CT molecular complexity index is 1080. The summed E-state index contributed by atoms with van der Waals surface area (Å²) in [6.45, 7) is 3.87. The number of aromatic nitrogens is 1. The number of benzene rings is 1. The molecule has 1 aromatic heterocycles. The highest BCUT2D eigenvalue weighted by Gasteiger charge is 2.46. The van der Waals surface area contributed by atoms with Crippen molar-refractivity contribution in [3.05, 3.63) is 47.8 Å². The standard InChI is InChI=1S/C19H20F3N3O4S/c1-11(2)18(27)9-25(10-18)17(26)16-15(23)7-14(8-24-16)30(28,29)13-5-3-12(4-6-13)19(20,21)22/h3-8,11,27H,9-10,23H2,1-2H3. The number of alkyl halides is 3. The molecule has 0 atom stereocenters. The Morgan fingerprint density at radius 1 is 1.20 bits per heavy atom. The Morgan fingerprint density at radius 2 is 1.77 bits per heavy atom. The van der Waals surface area contributed by atoms with Crippen LogP contribution in [-0.2, 0) is 16.0 Å². The van der Waals surface area contributed by atoms with Crippen LogP contribution in [-0.4, -0.2) is 48.0 Å². The average molecular weight is 443 g/mol. The molecule has 1 fully saturated rings. The molecule has 0 aliphatic carbocycles. The lowest BCUT2D eigenvalue weighted by atomic mass is 9.83. The summed E-state index contributed by atoms with van der Waals surface area (Å²) in [6, 6.07) is 4.07. The molecular weight excluding hydrogens is 423 g/mol. The number of sulfone groups is 1. The van der Waals surface area contributed by atoms with Gasteiger partial charge in [-0.2, -0.15) is 13.2 Å². The number of halogens is 3. The first kappa shape index (κ1) is 22.0. The van der Waals surface area contributed by atoms with Crippen molar-refractivity contribution in [2.75, 3.05) is 18.8 Å². The van der Waals surface area contributed by atoms with Crippen LogP contribution in [0.15, 0.2) is 46.3 Å². The number of amides is 1. The predicted molar refractivity (Wildman–Crippen MR) is 101 cm³/mol.